The van der Waals surface area contributed by atoms with E-state index in [1.54, 1.807) is 36.8 Å². The molecule has 0 spiro atoms. The number of carbonyl (C=O) groups is 2. The van der Waals surface area contributed by atoms with Crippen molar-refractivity contribution < 1.29 is 14.5 Å². The summed E-state index contributed by atoms with van der Waals surface area (Å²) < 4.78 is 1.88. The fourth-order valence-corrected chi connectivity index (χ4v) is 4.30. The van der Waals surface area contributed by atoms with Crippen LogP contribution in [0.1, 0.15) is 27.3 Å². The number of hydrogen-bond donors (Lipinski definition) is 1. The summed E-state index contributed by atoms with van der Waals surface area (Å²) in [5.74, 6) is -0.913. The highest BCUT2D eigenvalue weighted by molar-refractivity contribution is 7.98. The number of amides is 2. The van der Waals surface area contributed by atoms with Crippen molar-refractivity contribution in [2.45, 2.75) is 30.6 Å². The Morgan fingerprint density at radius 2 is 2.00 bits per heavy atom. The number of pyridine rings is 1. The summed E-state index contributed by atoms with van der Waals surface area (Å²) in [5.41, 5.74) is 8.41. The number of nitrogens with zero attached hydrogens (tertiary/aromatic N) is 5. The van der Waals surface area contributed by atoms with Crippen LogP contribution in [0.2, 0.25) is 0 Å². The molecule has 0 aliphatic carbocycles. The zero-order chi connectivity index (χ0) is 22.8. The van der Waals surface area contributed by atoms with E-state index in [1.165, 1.54) is 28.8 Å². The van der Waals surface area contributed by atoms with Crippen molar-refractivity contribution in [3.05, 3.63) is 81.6 Å². The molecule has 0 saturated heterocycles. The number of non-ortho nitro benzene ring substituents is 1. The number of imidazole rings is 1. The lowest BCUT2D eigenvalue weighted by molar-refractivity contribution is -0.384. The predicted octanol–water partition coefficient (Wildman–Crippen LogP) is 2.01. The van der Waals surface area contributed by atoms with Crippen LogP contribution in [0.5, 0.6) is 0 Å². The number of hydrogen-bond acceptors (Lipinski definition) is 7. The molecule has 0 fully saturated rings. The van der Waals surface area contributed by atoms with Crippen molar-refractivity contribution >= 4 is 29.3 Å². The first-order valence-electron chi connectivity index (χ1n) is 9.74. The van der Waals surface area contributed by atoms with Gasteiger partial charge in [-0.2, -0.15) is 0 Å². The molecule has 0 bridgehead atoms. The molecule has 2 N–H and O–H groups in total. The van der Waals surface area contributed by atoms with Crippen molar-refractivity contribution in [2.75, 3.05) is 6.26 Å². The molecule has 164 valence electrons. The van der Waals surface area contributed by atoms with Gasteiger partial charge in [-0.05, 0) is 24.0 Å². The number of nitro groups is 1. The van der Waals surface area contributed by atoms with E-state index in [1.807, 2.05) is 10.8 Å². The summed E-state index contributed by atoms with van der Waals surface area (Å²) in [6.45, 7) is 0.587. The molecule has 0 radical (unpaired) electrons. The van der Waals surface area contributed by atoms with Gasteiger partial charge in [0.1, 0.15) is 11.1 Å². The van der Waals surface area contributed by atoms with Gasteiger partial charge in [0.2, 0.25) is 5.91 Å². The van der Waals surface area contributed by atoms with E-state index >= 15 is 0 Å². The minimum Gasteiger partial charge on any atom is -0.368 e. The van der Waals surface area contributed by atoms with Gasteiger partial charge in [0.25, 0.3) is 11.6 Å². The minimum atomic E-state index is -0.812. The third-order valence-electron chi connectivity index (χ3n) is 5.40. The van der Waals surface area contributed by atoms with Gasteiger partial charge in [-0.15, -0.1) is 11.8 Å². The Kier molecular flexibility index (Phi) is 5.91. The number of rotatable bonds is 6. The summed E-state index contributed by atoms with van der Waals surface area (Å²) in [4.78, 5) is 46.1. The SMILES string of the molecule is CSc1ncccc1C(=O)N1Cc2c(ncn2Cc2ccc([N+](=O)[O-])cc2)CC1C(N)=O. The van der Waals surface area contributed by atoms with Crippen LogP contribution < -0.4 is 5.73 Å². The number of carbonyl (C=O) groups excluding carboxylic acids is 2. The van der Waals surface area contributed by atoms with Crippen LogP contribution in [0, 0.1) is 10.1 Å². The smallest absolute Gasteiger partial charge is 0.269 e. The van der Waals surface area contributed by atoms with Crippen LogP contribution in [0.4, 0.5) is 5.69 Å². The normalized spacial score (nSPS) is 15.3. The lowest BCUT2D eigenvalue weighted by Crippen LogP contribution is -2.51. The maximum Gasteiger partial charge on any atom is 0.269 e. The second-order valence-corrected chi connectivity index (χ2v) is 8.10. The first-order valence-corrected chi connectivity index (χ1v) is 11.0. The molecule has 2 amide bonds. The average molecular weight is 452 g/mol. The van der Waals surface area contributed by atoms with Crippen molar-refractivity contribution in [1.29, 1.82) is 0 Å². The van der Waals surface area contributed by atoms with E-state index in [0.717, 1.165) is 11.3 Å². The molecule has 1 unspecified atom stereocenters. The van der Waals surface area contributed by atoms with Crippen LogP contribution in [0.15, 0.2) is 53.9 Å². The van der Waals surface area contributed by atoms with Crippen LogP contribution in [-0.2, 0) is 24.3 Å². The van der Waals surface area contributed by atoms with Crippen molar-refractivity contribution in [2.24, 2.45) is 5.73 Å². The summed E-state index contributed by atoms with van der Waals surface area (Å²) >= 11 is 1.35. The molecule has 32 heavy (non-hydrogen) atoms. The number of fused-ring (bicyclic) bond motifs is 1. The first-order chi connectivity index (χ1) is 15.4. The standard InChI is InChI=1S/C21H20N6O4S/c1-32-20-15(3-2-8-23-20)21(29)26-11-18-16(9-17(26)19(22)28)24-12-25(18)10-13-4-6-14(7-5-13)27(30)31/h2-8,12,17H,9-11H2,1H3,(H2,22,28). The fourth-order valence-electron chi connectivity index (χ4n) is 3.76. The third kappa shape index (κ3) is 4.06. The van der Waals surface area contributed by atoms with E-state index in [0.29, 0.717) is 22.8 Å². The van der Waals surface area contributed by atoms with Crippen molar-refractivity contribution in [3.63, 3.8) is 0 Å². The lowest BCUT2D eigenvalue weighted by atomic mass is 10.0. The molecule has 1 atom stereocenters. The van der Waals surface area contributed by atoms with Gasteiger partial charge in [0.15, 0.2) is 0 Å². The molecule has 3 aromatic rings. The van der Waals surface area contributed by atoms with Crippen LogP contribution in [0.3, 0.4) is 0 Å². The molecule has 10 nitrogen and oxygen atoms in total. The molecule has 1 aliphatic rings. The zero-order valence-electron chi connectivity index (χ0n) is 17.2. The zero-order valence-corrected chi connectivity index (χ0v) is 18.0. The van der Waals surface area contributed by atoms with E-state index in [4.69, 9.17) is 5.73 Å². The maximum absolute atomic E-state index is 13.4. The lowest BCUT2D eigenvalue weighted by Gasteiger charge is -2.34. The van der Waals surface area contributed by atoms with Gasteiger partial charge in [0, 0.05) is 31.3 Å². The second-order valence-electron chi connectivity index (χ2n) is 7.30. The molecule has 3 heterocycles. The topological polar surface area (TPSA) is 137 Å². The predicted molar refractivity (Wildman–Crippen MR) is 117 cm³/mol. The third-order valence-corrected chi connectivity index (χ3v) is 6.11. The highest BCUT2D eigenvalue weighted by atomic mass is 32.2. The molecular weight excluding hydrogens is 432 g/mol. The quantitative estimate of drug-likeness (QED) is 0.343. The van der Waals surface area contributed by atoms with E-state index in [-0.39, 0.29) is 24.6 Å². The van der Waals surface area contributed by atoms with Gasteiger partial charge >= 0.3 is 0 Å². The Morgan fingerprint density at radius 1 is 1.25 bits per heavy atom. The summed E-state index contributed by atoms with van der Waals surface area (Å²) in [6.07, 6.45) is 5.31. The summed E-state index contributed by atoms with van der Waals surface area (Å²) in [7, 11) is 0. The van der Waals surface area contributed by atoms with Gasteiger partial charge in [-0.25, -0.2) is 9.97 Å². The molecule has 0 saturated carbocycles. The highest BCUT2D eigenvalue weighted by Crippen LogP contribution is 2.27. The van der Waals surface area contributed by atoms with Crippen molar-refractivity contribution in [3.8, 4) is 0 Å². The monoisotopic (exact) mass is 452 g/mol. The van der Waals surface area contributed by atoms with Crippen LogP contribution in [-0.4, -0.2) is 48.5 Å². The Bertz CT molecular complexity index is 1190. The number of aromatic nitrogens is 3. The van der Waals surface area contributed by atoms with Gasteiger partial charge in [-0.1, -0.05) is 12.1 Å². The summed E-state index contributed by atoms with van der Waals surface area (Å²) in [6, 6.07) is 8.82. The number of thioether (sulfide) groups is 1. The second kappa shape index (κ2) is 8.79. The maximum atomic E-state index is 13.4. The van der Waals surface area contributed by atoms with Gasteiger partial charge < -0.3 is 15.2 Å². The first kappa shape index (κ1) is 21.5. The van der Waals surface area contributed by atoms with Crippen molar-refractivity contribution in [1.82, 2.24) is 19.4 Å². The molecule has 2 aromatic heterocycles. The number of benzene rings is 1. The molecule has 4 rings (SSSR count). The molecule has 11 heteroatoms. The minimum absolute atomic E-state index is 0.0172. The van der Waals surface area contributed by atoms with Gasteiger partial charge in [0.05, 0.1) is 34.7 Å². The van der Waals surface area contributed by atoms with Crippen LogP contribution >= 0.6 is 11.8 Å². The fraction of sp³-hybridized carbons (Fsp3) is 0.238. The van der Waals surface area contributed by atoms with Gasteiger partial charge in [-0.3, -0.25) is 19.7 Å². The number of nitro benzene ring substituents is 1. The van der Waals surface area contributed by atoms with E-state index < -0.39 is 16.9 Å². The number of nitrogens with two attached hydrogens (primary N) is 1. The largest absolute Gasteiger partial charge is 0.368 e. The Balaban J connectivity index is 1.64. The Morgan fingerprint density at radius 3 is 2.66 bits per heavy atom. The molecule has 1 aromatic carbocycles. The highest BCUT2D eigenvalue weighted by Gasteiger charge is 2.37. The molecular formula is C21H20N6O4S. The molecule has 1 aliphatic heterocycles. The number of primary amides is 1. The van der Waals surface area contributed by atoms with E-state index in [2.05, 4.69) is 9.97 Å². The average Bonchev–Trinajstić information content (AvgIpc) is 3.19. The van der Waals surface area contributed by atoms with Crippen LogP contribution in [0.25, 0.3) is 0 Å². The summed E-state index contributed by atoms with van der Waals surface area (Å²) in [5, 5.41) is 11.5. The van der Waals surface area contributed by atoms with E-state index in [9.17, 15) is 19.7 Å². The Hall–Kier alpha value is -3.73. The Labute approximate surface area is 187 Å².